The summed E-state index contributed by atoms with van der Waals surface area (Å²) in [7, 11) is 0. The molecule has 98 valence electrons. The van der Waals surface area contributed by atoms with E-state index in [0.29, 0.717) is 12.5 Å². The van der Waals surface area contributed by atoms with Gasteiger partial charge >= 0.3 is 0 Å². The van der Waals surface area contributed by atoms with Gasteiger partial charge in [0.1, 0.15) is 5.75 Å². The van der Waals surface area contributed by atoms with Crippen LogP contribution in [-0.2, 0) is 6.42 Å². The second kappa shape index (κ2) is 7.11. The first-order chi connectivity index (χ1) is 8.58. The lowest BCUT2D eigenvalue weighted by Crippen LogP contribution is -2.04. The van der Waals surface area contributed by atoms with Gasteiger partial charge < -0.3 is 4.74 Å². The van der Waals surface area contributed by atoms with Gasteiger partial charge in [0.25, 0.3) is 0 Å². The molecule has 0 aromatic heterocycles. The van der Waals surface area contributed by atoms with Gasteiger partial charge in [0.2, 0.25) is 0 Å². The van der Waals surface area contributed by atoms with Crippen molar-refractivity contribution in [3.05, 3.63) is 28.8 Å². The zero-order chi connectivity index (χ0) is 13.5. The normalized spacial score (nSPS) is 11.6. The molecule has 0 spiro atoms. The Bertz CT molecular complexity index is 449. The molecule has 0 aliphatic heterocycles. The molecule has 1 rings (SSSR count). The maximum Gasteiger partial charge on any atom is 0.125 e. The van der Waals surface area contributed by atoms with Gasteiger partial charge in [0.15, 0.2) is 0 Å². The van der Waals surface area contributed by atoms with Crippen LogP contribution in [0, 0.1) is 31.6 Å². The first-order valence-electron chi connectivity index (χ1n) is 6.79. The molecule has 1 unspecified atom stereocenters. The third kappa shape index (κ3) is 4.11. The van der Waals surface area contributed by atoms with Crippen molar-refractivity contribution in [3.8, 4) is 17.6 Å². The molecular formula is C17H24O. The van der Waals surface area contributed by atoms with Gasteiger partial charge in [-0.15, -0.1) is 5.92 Å². The third-order valence-corrected chi connectivity index (χ3v) is 2.84. The van der Waals surface area contributed by atoms with Crippen molar-refractivity contribution in [3.63, 3.8) is 0 Å². The molecule has 0 saturated heterocycles. The van der Waals surface area contributed by atoms with Gasteiger partial charge in [-0.05, 0) is 38.3 Å². The lowest BCUT2D eigenvalue weighted by atomic mass is 9.97. The first kappa shape index (κ1) is 14.6. The van der Waals surface area contributed by atoms with Crippen LogP contribution in [-0.4, -0.2) is 6.61 Å². The highest BCUT2D eigenvalue weighted by Crippen LogP contribution is 2.27. The predicted octanol–water partition coefficient (Wildman–Crippen LogP) is 4.29. The van der Waals surface area contributed by atoms with Crippen molar-refractivity contribution in [2.24, 2.45) is 5.92 Å². The van der Waals surface area contributed by atoms with Crippen molar-refractivity contribution in [2.75, 3.05) is 6.61 Å². The average Bonchev–Trinajstić information content (AvgIpc) is 2.31. The Hall–Kier alpha value is -1.42. The molecule has 0 saturated carbocycles. The molecule has 0 aliphatic rings. The summed E-state index contributed by atoms with van der Waals surface area (Å²) < 4.78 is 5.78. The molecule has 1 aromatic carbocycles. The molecule has 0 amide bonds. The SMILES string of the molecule is CCC#CC(C)Cc1cc(C)cc(C)c1OCC. The lowest BCUT2D eigenvalue weighted by molar-refractivity contribution is 0.333. The smallest absolute Gasteiger partial charge is 0.125 e. The number of rotatable bonds is 4. The zero-order valence-electron chi connectivity index (χ0n) is 12.3. The van der Waals surface area contributed by atoms with Gasteiger partial charge in [-0.2, -0.15) is 0 Å². The second-order valence-electron chi connectivity index (χ2n) is 4.78. The van der Waals surface area contributed by atoms with Crippen LogP contribution in [0.15, 0.2) is 12.1 Å². The number of hydrogen-bond donors (Lipinski definition) is 0. The van der Waals surface area contributed by atoms with Crippen LogP contribution >= 0.6 is 0 Å². The average molecular weight is 244 g/mol. The minimum Gasteiger partial charge on any atom is -0.493 e. The maximum absolute atomic E-state index is 5.78. The molecule has 0 fully saturated rings. The lowest BCUT2D eigenvalue weighted by Gasteiger charge is -2.15. The maximum atomic E-state index is 5.78. The van der Waals surface area contributed by atoms with Crippen molar-refractivity contribution < 1.29 is 4.74 Å². The summed E-state index contributed by atoms with van der Waals surface area (Å²) in [5.74, 6) is 7.87. The van der Waals surface area contributed by atoms with Crippen molar-refractivity contribution in [2.45, 2.75) is 47.5 Å². The molecule has 1 atom stereocenters. The Morgan fingerprint density at radius 3 is 2.56 bits per heavy atom. The minimum atomic E-state index is 0.380. The summed E-state index contributed by atoms with van der Waals surface area (Å²) in [4.78, 5) is 0. The quantitative estimate of drug-likeness (QED) is 0.718. The molecule has 18 heavy (non-hydrogen) atoms. The topological polar surface area (TPSA) is 9.23 Å². The fraction of sp³-hybridized carbons (Fsp3) is 0.529. The van der Waals surface area contributed by atoms with Crippen molar-refractivity contribution in [1.82, 2.24) is 0 Å². The molecule has 0 aliphatic carbocycles. The molecule has 0 bridgehead atoms. The van der Waals surface area contributed by atoms with E-state index in [1.807, 2.05) is 6.92 Å². The summed E-state index contributed by atoms with van der Waals surface area (Å²) in [6, 6.07) is 4.40. The summed E-state index contributed by atoms with van der Waals surface area (Å²) in [5, 5.41) is 0. The van der Waals surface area contributed by atoms with E-state index in [-0.39, 0.29) is 0 Å². The van der Waals surface area contributed by atoms with Crippen LogP contribution in [0.3, 0.4) is 0 Å². The summed E-state index contributed by atoms with van der Waals surface area (Å²) in [5.41, 5.74) is 3.80. The second-order valence-corrected chi connectivity index (χ2v) is 4.78. The fourth-order valence-corrected chi connectivity index (χ4v) is 2.20. The molecule has 0 heterocycles. The Morgan fingerprint density at radius 2 is 1.94 bits per heavy atom. The van der Waals surface area contributed by atoms with Crippen molar-refractivity contribution in [1.29, 1.82) is 0 Å². The Kier molecular flexibility index (Phi) is 5.78. The molecular weight excluding hydrogens is 220 g/mol. The monoisotopic (exact) mass is 244 g/mol. The predicted molar refractivity (Wildman–Crippen MR) is 78.0 cm³/mol. The Morgan fingerprint density at radius 1 is 1.22 bits per heavy atom. The van der Waals surface area contributed by atoms with E-state index in [1.165, 1.54) is 16.7 Å². The third-order valence-electron chi connectivity index (χ3n) is 2.84. The Labute approximate surface area is 112 Å². The van der Waals surface area contributed by atoms with E-state index in [2.05, 4.69) is 51.7 Å². The van der Waals surface area contributed by atoms with Gasteiger partial charge in [-0.25, -0.2) is 0 Å². The van der Waals surface area contributed by atoms with Gasteiger partial charge in [0, 0.05) is 12.3 Å². The minimum absolute atomic E-state index is 0.380. The van der Waals surface area contributed by atoms with E-state index in [9.17, 15) is 0 Å². The number of ether oxygens (including phenoxy) is 1. The summed E-state index contributed by atoms with van der Waals surface area (Å²) in [6.07, 6.45) is 1.89. The van der Waals surface area contributed by atoms with E-state index < -0.39 is 0 Å². The van der Waals surface area contributed by atoms with E-state index in [0.717, 1.165) is 18.6 Å². The number of hydrogen-bond acceptors (Lipinski definition) is 1. The first-order valence-corrected chi connectivity index (χ1v) is 6.79. The summed E-state index contributed by atoms with van der Waals surface area (Å²) in [6.45, 7) is 11.3. The largest absolute Gasteiger partial charge is 0.493 e. The molecule has 1 nitrogen and oxygen atoms in total. The number of aryl methyl sites for hydroxylation is 2. The van der Waals surface area contributed by atoms with E-state index in [1.54, 1.807) is 0 Å². The Balaban J connectivity index is 2.98. The van der Waals surface area contributed by atoms with Crippen molar-refractivity contribution >= 4 is 0 Å². The van der Waals surface area contributed by atoms with Crippen LogP contribution in [0.5, 0.6) is 5.75 Å². The highest BCUT2D eigenvalue weighted by atomic mass is 16.5. The highest BCUT2D eigenvalue weighted by Gasteiger charge is 2.10. The summed E-state index contributed by atoms with van der Waals surface area (Å²) >= 11 is 0. The van der Waals surface area contributed by atoms with E-state index >= 15 is 0 Å². The number of benzene rings is 1. The van der Waals surface area contributed by atoms with Gasteiger partial charge in [-0.3, -0.25) is 0 Å². The van der Waals surface area contributed by atoms with Crippen LogP contribution in [0.2, 0.25) is 0 Å². The standard InChI is InChI=1S/C17H24O/c1-6-8-9-13(3)11-16-12-14(4)10-15(5)17(16)18-7-2/h10,12-13H,6-7,11H2,1-5H3. The van der Waals surface area contributed by atoms with Crippen LogP contribution in [0.25, 0.3) is 0 Å². The fourth-order valence-electron chi connectivity index (χ4n) is 2.20. The van der Waals surface area contributed by atoms with Crippen LogP contribution in [0.1, 0.15) is 43.9 Å². The molecule has 0 N–H and O–H groups in total. The molecule has 1 heteroatoms. The van der Waals surface area contributed by atoms with Gasteiger partial charge in [-0.1, -0.05) is 37.5 Å². The van der Waals surface area contributed by atoms with Crippen LogP contribution in [0.4, 0.5) is 0 Å². The molecule has 0 radical (unpaired) electrons. The zero-order valence-corrected chi connectivity index (χ0v) is 12.3. The van der Waals surface area contributed by atoms with E-state index in [4.69, 9.17) is 4.74 Å². The molecule has 1 aromatic rings. The highest BCUT2D eigenvalue weighted by molar-refractivity contribution is 5.44. The van der Waals surface area contributed by atoms with Gasteiger partial charge in [0.05, 0.1) is 6.61 Å². The van der Waals surface area contributed by atoms with Crippen LogP contribution < -0.4 is 4.74 Å².